The quantitative estimate of drug-likeness (QED) is 0.125. The van der Waals surface area contributed by atoms with E-state index in [4.69, 9.17) is 0 Å². The molecule has 3 heteroatoms. The molecule has 5 aliphatic carbocycles. The Morgan fingerprint density at radius 1 is 0.692 bits per heavy atom. The molecule has 52 heavy (non-hydrogen) atoms. The summed E-state index contributed by atoms with van der Waals surface area (Å²) in [5.41, 5.74) is 14.0. The van der Waals surface area contributed by atoms with E-state index in [1.807, 2.05) is 31.6 Å². The molecule has 0 unspecified atom stereocenters. The van der Waals surface area contributed by atoms with Crippen LogP contribution in [-0.2, 0) is 5.41 Å². The molecule has 0 aliphatic heterocycles. The normalized spacial score (nSPS) is 23.9. The fourth-order valence-corrected chi connectivity index (χ4v) is 11.1. The van der Waals surface area contributed by atoms with E-state index < -0.39 is 0 Å². The Morgan fingerprint density at radius 2 is 1.35 bits per heavy atom. The first kappa shape index (κ1) is 31.2. The number of hydrogen-bond acceptors (Lipinski definition) is 3. The van der Waals surface area contributed by atoms with Crippen LogP contribution in [0, 0.1) is 23.7 Å². The number of anilines is 3. The van der Waals surface area contributed by atoms with Crippen LogP contribution in [0.1, 0.15) is 55.7 Å². The van der Waals surface area contributed by atoms with E-state index in [0.29, 0.717) is 0 Å². The van der Waals surface area contributed by atoms with Crippen LogP contribution in [0.2, 0.25) is 0 Å². The maximum atomic E-state index is 4.43. The van der Waals surface area contributed by atoms with Gasteiger partial charge in [-0.25, -0.2) is 0 Å². The van der Waals surface area contributed by atoms with Crippen LogP contribution in [0.25, 0.3) is 38.6 Å². The van der Waals surface area contributed by atoms with Gasteiger partial charge in [0.1, 0.15) is 0 Å². The first-order chi connectivity index (χ1) is 25.6. The van der Waals surface area contributed by atoms with Crippen molar-refractivity contribution in [2.75, 3.05) is 4.90 Å². The van der Waals surface area contributed by atoms with Crippen molar-refractivity contribution in [2.24, 2.45) is 28.7 Å². The summed E-state index contributed by atoms with van der Waals surface area (Å²) in [5.74, 6) is 3.35. The largest absolute Gasteiger partial charge is 0.310 e. The maximum Gasteiger partial charge on any atom is 0.0540 e. The summed E-state index contributed by atoms with van der Waals surface area (Å²) in [5, 5.41) is 2.36. The zero-order valence-electron chi connectivity index (χ0n) is 29.8. The molecule has 0 N–H and O–H groups in total. The number of benzene rings is 5. The fraction of sp³-hybridized carbons (Fsp3) is 0.224. The molecule has 1 aromatic heterocycles. The van der Waals surface area contributed by atoms with Crippen molar-refractivity contribution < 1.29 is 0 Å². The number of aromatic nitrogens is 1. The number of nitrogens with zero attached hydrogens (tertiary/aromatic N) is 3. The second-order valence-corrected chi connectivity index (χ2v) is 15.5. The first-order valence-corrected chi connectivity index (χ1v) is 19.0. The Morgan fingerprint density at radius 3 is 2.10 bits per heavy atom. The standard InChI is InChI=1S/C49H43N3/c1-3-50-23-20-32(2)41-17-19-48(44-10-5-4-8-42(41)44)52(39-14-12-35(13-15-39)36-21-24-51-25-22-36)40-16-18-47-45(31-40)43-9-6-7-11-46(43)49(47)37-27-33-26-34(29-37)30-38(49)28-33/h3-25,31,33-34,37-38H,2,26-30H2,1H3/b23-20-,50-3-. The Kier molecular flexibility index (Phi) is 7.39. The van der Waals surface area contributed by atoms with Crippen molar-refractivity contribution >= 4 is 39.6 Å². The van der Waals surface area contributed by atoms with Crippen LogP contribution < -0.4 is 4.90 Å². The van der Waals surface area contributed by atoms with Gasteiger partial charge in [0, 0.05) is 47.0 Å². The van der Waals surface area contributed by atoms with Crippen LogP contribution in [-0.4, -0.2) is 11.2 Å². The molecule has 3 nitrogen and oxygen atoms in total. The average molecular weight is 674 g/mol. The number of aliphatic imine (C=N–C) groups is 1. The highest BCUT2D eigenvalue weighted by molar-refractivity contribution is 6.05. The highest BCUT2D eigenvalue weighted by Crippen LogP contribution is 2.69. The number of allylic oxidation sites excluding steroid dienone is 2. The molecule has 0 radical (unpaired) electrons. The number of fused-ring (bicyclic) bond motifs is 4. The smallest absolute Gasteiger partial charge is 0.0540 e. The SMILES string of the molecule is C=C(/C=C\N=C/C)c1ccc(N(c2ccc(-c3ccncc3)cc2)c2ccc3c(c2)-c2ccccc2C32C3CC4CC(C3)CC2C4)c2ccccc12. The van der Waals surface area contributed by atoms with Crippen molar-refractivity contribution in [3.63, 3.8) is 0 Å². The lowest BCUT2D eigenvalue weighted by Gasteiger charge is -2.61. The summed E-state index contributed by atoms with van der Waals surface area (Å²) < 4.78 is 0. The molecule has 4 fully saturated rings. The molecule has 0 atom stereocenters. The van der Waals surface area contributed by atoms with Gasteiger partial charge in [-0.3, -0.25) is 9.98 Å². The molecule has 254 valence electrons. The van der Waals surface area contributed by atoms with Crippen LogP contribution in [0.4, 0.5) is 17.1 Å². The van der Waals surface area contributed by atoms with Crippen molar-refractivity contribution in [3.8, 4) is 22.3 Å². The molecule has 0 amide bonds. The van der Waals surface area contributed by atoms with Crippen LogP contribution in [0.3, 0.4) is 0 Å². The minimum absolute atomic E-state index is 0.152. The fourth-order valence-electron chi connectivity index (χ4n) is 11.1. The number of hydrogen-bond donors (Lipinski definition) is 0. The van der Waals surface area contributed by atoms with Gasteiger partial charge in [0.25, 0.3) is 0 Å². The Balaban J connectivity index is 1.16. The molecule has 0 saturated heterocycles. The summed E-state index contributed by atoms with van der Waals surface area (Å²) in [6.45, 7) is 6.36. The van der Waals surface area contributed by atoms with Crippen LogP contribution >= 0.6 is 0 Å². The third-order valence-corrected chi connectivity index (χ3v) is 12.9. The van der Waals surface area contributed by atoms with Gasteiger partial charge in [-0.2, -0.15) is 0 Å². The third kappa shape index (κ3) is 4.71. The van der Waals surface area contributed by atoms with Gasteiger partial charge < -0.3 is 4.90 Å². The van der Waals surface area contributed by atoms with E-state index in [1.165, 1.54) is 65.3 Å². The van der Waals surface area contributed by atoms with Gasteiger partial charge in [-0.1, -0.05) is 79.4 Å². The van der Waals surface area contributed by atoms with Crippen LogP contribution in [0.15, 0.2) is 152 Å². The van der Waals surface area contributed by atoms with Gasteiger partial charge in [-0.05, 0) is 161 Å². The van der Waals surface area contributed by atoms with Crippen molar-refractivity contribution in [3.05, 3.63) is 163 Å². The van der Waals surface area contributed by atoms with Gasteiger partial charge >= 0.3 is 0 Å². The Labute approximate surface area is 307 Å². The molecule has 4 saturated carbocycles. The highest BCUT2D eigenvalue weighted by atomic mass is 15.1. The molecule has 5 aromatic carbocycles. The summed E-state index contributed by atoms with van der Waals surface area (Å²) >= 11 is 0. The first-order valence-electron chi connectivity index (χ1n) is 19.0. The van der Waals surface area contributed by atoms with Gasteiger partial charge in [-0.15, -0.1) is 0 Å². The zero-order valence-corrected chi connectivity index (χ0v) is 29.8. The van der Waals surface area contributed by atoms with E-state index in [1.54, 1.807) is 17.3 Å². The van der Waals surface area contributed by atoms with Gasteiger partial charge in [0.15, 0.2) is 0 Å². The van der Waals surface area contributed by atoms with E-state index in [9.17, 15) is 0 Å². The molecule has 1 spiro atoms. The number of rotatable bonds is 7. The molecule has 4 bridgehead atoms. The third-order valence-electron chi connectivity index (χ3n) is 12.9. The maximum absolute atomic E-state index is 4.43. The monoisotopic (exact) mass is 673 g/mol. The zero-order chi connectivity index (χ0) is 34.8. The predicted molar refractivity (Wildman–Crippen MR) is 217 cm³/mol. The van der Waals surface area contributed by atoms with Gasteiger partial charge in [0.05, 0.1) is 5.69 Å². The lowest BCUT2D eigenvalue weighted by atomic mass is 9.43. The summed E-state index contributed by atoms with van der Waals surface area (Å²) in [7, 11) is 0. The average Bonchev–Trinajstić information content (AvgIpc) is 3.47. The summed E-state index contributed by atoms with van der Waals surface area (Å²) in [6.07, 6.45) is 16.4. The molecule has 6 aromatic rings. The summed E-state index contributed by atoms with van der Waals surface area (Å²) in [4.78, 5) is 11.0. The van der Waals surface area contributed by atoms with Crippen molar-refractivity contribution in [1.82, 2.24) is 4.98 Å². The van der Waals surface area contributed by atoms with Crippen molar-refractivity contribution in [1.29, 1.82) is 0 Å². The Bertz CT molecular complexity index is 2370. The van der Waals surface area contributed by atoms with E-state index in [2.05, 4.69) is 137 Å². The second-order valence-electron chi connectivity index (χ2n) is 15.5. The highest BCUT2D eigenvalue weighted by Gasteiger charge is 2.61. The summed E-state index contributed by atoms with van der Waals surface area (Å²) in [6, 6.07) is 43.3. The minimum Gasteiger partial charge on any atom is -0.310 e. The van der Waals surface area contributed by atoms with Crippen LogP contribution in [0.5, 0.6) is 0 Å². The predicted octanol–water partition coefficient (Wildman–Crippen LogP) is 12.7. The van der Waals surface area contributed by atoms with E-state index >= 15 is 0 Å². The minimum atomic E-state index is 0.152. The molecular weight excluding hydrogens is 631 g/mol. The molecule has 5 aliphatic rings. The number of pyridine rings is 1. The van der Waals surface area contributed by atoms with Crippen molar-refractivity contribution in [2.45, 2.75) is 44.4 Å². The Hall–Kier alpha value is -5.54. The lowest BCUT2D eigenvalue weighted by molar-refractivity contribution is -0.0399. The molecule has 11 rings (SSSR count). The van der Waals surface area contributed by atoms with E-state index in [-0.39, 0.29) is 5.41 Å². The molecule has 1 heterocycles. The van der Waals surface area contributed by atoms with Gasteiger partial charge in [0.2, 0.25) is 0 Å². The molecular formula is C49H43N3. The van der Waals surface area contributed by atoms with E-state index in [0.717, 1.165) is 51.7 Å². The second kappa shape index (κ2) is 12.3. The lowest BCUT2D eigenvalue weighted by Crippen LogP contribution is -2.55. The topological polar surface area (TPSA) is 28.5 Å².